The fourth-order valence-electron chi connectivity index (χ4n) is 1.47. The van der Waals surface area contributed by atoms with Crippen molar-refractivity contribution in [1.29, 1.82) is 0 Å². The maximum Gasteiger partial charge on any atom is 0.191 e. The Morgan fingerprint density at radius 2 is 2.15 bits per heavy atom. The highest BCUT2D eigenvalue weighted by Gasteiger charge is 2.18. The Bertz CT molecular complexity index is 436. The Hall–Kier alpha value is -1.30. The summed E-state index contributed by atoms with van der Waals surface area (Å²) in [7, 11) is -0.855. The molecule has 2 N–H and O–H groups in total. The average molecular weight is 299 g/mol. The van der Waals surface area contributed by atoms with E-state index in [9.17, 15) is 4.21 Å². The zero-order valence-corrected chi connectivity index (χ0v) is 13.5. The van der Waals surface area contributed by atoms with Gasteiger partial charge in [0.1, 0.15) is 12.3 Å². The van der Waals surface area contributed by atoms with Crippen LogP contribution in [-0.2, 0) is 17.3 Å². The summed E-state index contributed by atoms with van der Waals surface area (Å²) in [5.74, 6) is 2.14. The summed E-state index contributed by atoms with van der Waals surface area (Å²) in [5.41, 5.74) is 0. The third kappa shape index (κ3) is 6.23. The lowest BCUT2D eigenvalue weighted by Gasteiger charge is -2.18. The Kier molecular flexibility index (Phi) is 6.78. The van der Waals surface area contributed by atoms with Crippen molar-refractivity contribution in [3.05, 3.63) is 24.2 Å². The Labute approximate surface area is 123 Å². The third-order valence-electron chi connectivity index (χ3n) is 2.58. The molecule has 1 rings (SSSR count). The maximum absolute atomic E-state index is 11.9. The SMILES string of the molecule is CCNC(=NCc1ccco1)NCCS(=O)C(C)(C)C. The van der Waals surface area contributed by atoms with E-state index >= 15 is 0 Å². The average Bonchev–Trinajstić information content (AvgIpc) is 2.87. The van der Waals surface area contributed by atoms with Crippen molar-refractivity contribution in [3.63, 3.8) is 0 Å². The van der Waals surface area contributed by atoms with Crippen molar-refractivity contribution >= 4 is 16.8 Å². The quantitative estimate of drug-likeness (QED) is 0.622. The maximum atomic E-state index is 11.9. The zero-order chi connectivity index (χ0) is 15.0. The molecule has 0 aliphatic carbocycles. The highest BCUT2D eigenvalue weighted by atomic mass is 32.2. The molecule has 0 aliphatic rings. The van der Waals surface area contributed by atoms with Crippen LogP contribution in [0.1, 0.15) is 33.5 Å². The summed E-state index contributed by atoms with van der Waals surface area (Å²) in [6.07, 6.45) is 1.64. The molecule has 20 heavy (non-hydrogen) atoms. The molecule has 1 aromatic rings. The van der Waals surface area contributed by atoms with Gasteiger partial charge in [0.15, 0.2) is 5.96 Å². The van der Waals surface area contributed by atoms with E-state index in [0.717, 1.165) is 18.3 Å². The zero-order valence-electron chi connectivity index (χ0n) is 12.7. The predicted octanol–water partition coefficient (Wildman–Crippen LogP) is 1.88. The number of guanidine groups is 1. The molecule has 0 radical (unpaired) electrons. The number of nitrogens with zero attached hydrogens (tertiary/aromatic N) is 1. The lowest BCUT2D eigenvalue weighted by molar-refractivity contribution is 0.512. The van der Waals surface area contributed by atoms with Crippen LogP contribution in [0.3, 0.4) is 0 Å². The van der Waals surface area contributed by atoms with E-state index in [4.69, 9.17) is 4.42 Å². The largest absolute Gasteiger partial charge is 0.467 e. The minimum Gasteiger partial charge on any atom is -0.467 e. The molecule has 0 saturated carbocycles. The molecule has 1 unspecified atom stereocenters. The Balaban J connectivity index is 2.43. The van der Waals surface area contributed by atoms with Gasteiger partial charge in [-0.2, -0.15) is 0 Å². The molecule has 0 amide bonds. The first-order valence-corrected chi connectivity index (χ1v) is 8.18. The monoisotopic (exact) mass is 299 g/mol. The number of nitrogens with one attached hydrogen (secondary N) is 2. The molecule has 0 aromatic carbocycles. The first-order valence-electron chi connectivity index (χ1n) is 6.86. The second kappa shape index (κ2) is 8.09. The molecule has 114 valence electrons. The van der Waals surface area contributed by atoms with E-state index < -0.39 is 10.8 Å². The van der Waals surface area contributed by atoms with Gasteiger partial charge in [0, 0.05) is 34.4 Å². The van der Waals surface area contributed by atoms with Crippen LogP contribution < -0.4 is 10.6 Å². The minimum absolute atomic E-state index is 0.175. The van der Waals surface area contributed by atoms with Gasteiger partial charge >= 0.3 is 0 Å². The summed E-state index contributed by atoms with van der Waals surface area (Å²) < 4.78 is 17.0. The second-order valence-electron chi connectivity index (χ2n) is 5.36. The molecule has 6 heteroatoms. The van der Waals surface area contributed by atoms with Crippen molar-refractivity contribution in [2.75, 3.05) is 18.8 Å². The summed E-state index contributed by atoms with van der Waals surface area (Å²) in [4.78, 5) is 4.42. The highest BCUT2D eigenvalue weighted by molar-refractivity contribution is 7.86. The summed E-state index contributed by atoms with van der Waals surface area (Å²) in [6, 6.07) is 3.74. The smallest absolute Gasteiger partial charge is 0.191 e. The van der Waals surface area contributed by atoms with Crippen LogP contribution in [0, 0.1) is 0 Å². The molecule has 1 aromatic heterocycles. The predicted molar refractivity (Wildman–Crippen MR) is 84.3 cm³/mol. The first kappa shape index (κ1) is 16.8. The van der Waals surface area contributed by atoms with Gasteiger partial charge in [-0.1, -0.05) is 0 Å². The lowest BCUT2D eigenvalue weighted by atomic mass is 10.3. The van der Waals surface area contributed by atoms with E-state index in [2.05, 4.69) is 15.6 Å². The second-order valence-corrected chi connectivity index (χ2v) is 7.69. The number of rotatable bonds is 6. The highest BCUT2D eigenvalue weighted by Crippen LogP contribution is 2.10. The van der Waals surface area contributed by atoms with Crippen LogP contribution in [0.25, 0.3) is 0 Å². The van der Waals surface area contributed by atoms with Crippen LogP contribution >= 0.6 is 0 Å². The number of aliphatic imine (C=N–C) groups is 1. The van der Waals surface area contributed by atoms with Crippen molar-refractivity contribution in [2.24, 2.45) is 4.99 Å². The van der Waals surface area contributed by atoms with Crippen LogP contribution in [0.2, 0.25) is 0 Å². The molecule has 0 bridgehead atoms. The van der Waals surface area contributed by atoms with Crippen molar-refractivity contribution < 1.29 is 8.63 Å². The lowest BCUT2D eigenvalue weighted by Crippen LogP contribution is -2.40. The minimum atomic E-state index is -0.855. The Morgan fingerprint density at radius 3 is 2.70 bits per heavy atom. The number of hydrogen-bond acceptors (Lipinski definition) is 3. The van der Waals surface area contributed by atoms with Gasteiger partial charge < -0.3 is 15.1 Å². The Morgan fingerprint density at radius 1 is 1.40 bits per heavy atom. The fourth-order valence-corrected chi connectivity index (χ4v) is 2.37. The van der Waals surface area contributed by atoms with Crippen LogP contribution in [-0.4, -0.2) is 33.8 Å². The van der Waals surface area contributed by atoms with Gasteiger partial charge in [0.25, 0.3) is 0 Å². The molecule has 0 aliphatic heterocycles. The van der Waals surface area contributed by atoms with Gasteiger partial charge in [0.05, 0.1) is 6.26 Å². The summed E-state index contributed by atoms with van der Waals surface area (Å²) >= 11 is 0. The molecule has 0 spiro atoms. The van der Waals surface area contributed by atoms with E-state index in [0.29, 0.717) is 18.8 Å². The van der Waals surface area contributed by atoms with Gasteiger partial charge in [0.2, 0.25) is 0 Å². The molecule has 1 atom stereocenters. The topological polar surface area (TPSA) is 66.6 Å². The van der Waals surface area contributed by atoms with Crippen molar-refractivity contribution in [1.82, 2.24) is 10.6 Å². The first-order chi connectivity index (χ1) is 9.43. The van der Waals surface area contributed by atoms with Crippen LogP contribution in [0.4, 0.5) is 0 Å². The van der Waals surface area contributed by atoms with Crippen LogP contribution in [0.15, 0.2) is 27.8 Å². The summed E-state index contributed by atoms with van der Waals surface area (Å²) in [6.45, 7) is 9.88. The van der Waals surface area contributed by atoms with E-state index in [1.807, 2.05) is 39.8 Å². The van der Waals surface area contributed by atoms with E-state index in [-0.39, 0.29) is 4.75 Å². The number of furan rings is 1. The third-order valence-corrected chi connectivity index (χ3v) is 4.52. The van der Waals surface area contributed by atoms with E-state index in [1.165, 1.54) is 0 Å². The van der Waals surface area contributed by atoms with Gasteiger partial charge in [-0.3, -0.25) is 4.21 Å². The van der Waals surface area contributed by atoms with Crippen molar-refractivity contribution in [2.45, 2.75) is 39.0 Å². The molecule has 5 nitrogen and oxygen atoms in total. The van der Waals surface area contributed by atoms with E-state index in [1.54, 1.807) is 6.26 Å². The van der Waals surface area contributed by atoms with Crippen LogP contribution in [0.5, 0.6) is 0 Å². The van der Waals surface area contributed by atoms with Gasteiger partial charge in [-0.15, -0.1) is 0 Å². The normalized spacial score (nSPS) is 14.1. The number of hydrogen-bond donors (Lipinski definition) is 2. The van der Waals surface area contributed by atoms with Gasteiger partial charge in [-0.05, 0) is 39.8 Å². The standard InChI is InChI=1S/C14H25N3O2S/c1-5-15-13(17-11-12-7-6-9-19-12)16-8-10-20(18)14(2,3)4/h6-7,9H,5,8,10-11H2,1-4H3,(H2,15,16,17). The molecule has 1 heterocycles. The molecular weight excluding hydrogens is 274 g/mol. The molecular formula is C14H25N3O2S. The van der Waals surface area contributed by atoms with Crippen molar-refractivity contribution in [3.8, 4) is 0 Å². The van der Waals surface area contributed by atoms with Gasteiger partial charge in [-0.25, -0.2) is 4.99 Å². The molecule has 0 saturated heterocycles. The fraction of sp³-hybridized carbons (Fsp3) is 0.643. The molecule has 0 fully saturated rings. The summed E-state index contributed by atoms with van der Waals surface area (Å²) in [5, 5.41) is 6.35.